The number of hydrogen-bond donors (Lipinski definition) is 1. The first kappa shape index (κ1) is 9.15. The molecule has 4 heteroatoms. The monoisotopic (exact) mass is 190 g/mol. The summed E-state index contributed by atoms with van der Waals surface area (Å²) >= 11 is 0. The molecule has 0 aliphatic carbocycles. The average Bonchev–Trinajstić information content (AvgIpc) is 2.61. The van der Waals surface area contributed by atoms with Gasteiger partial charge in [-0.1, -0.05) is 0 Å². The number of aromatic nitrogens is 3. The highest BCUT2D eigenvalue weighted by Crippen LogP contribution is 2.09. The van der Waals surface area contributed by atoms with Crippen LogP contribution in [-0.4, -0.2) is 20.9 Å². The number of nitrogens with zero attached hydrogens (tertiary/aromatic N) is 3. The van der Waals surface area contributed by atoms with Crippen LogP contribution in [0.2, 0.25) is 0 Å². The van der Waals surface area contributed by atoms with Crippen LogP contribution in [-0.2, 0) is 6.42 Å². The molecule has 0 aliphatic rings. The van der Waals surface area contributed by atoms with Gasteiger partial charge >= 0.3 is 0 Å². The zero-order valence-electron chi connectivity index (χ0n) is 8.27. The van der Waals surface area contributed by atoms with E-state index < -0.39 is 0 Å². The van der Waals surface area contributed by atoms with Gasteiger partial charge in [-0.25, -0.2) is 9.97 Å². The van der Waals surface area contributed by atoms with Crippen LogP contribution in [0, 0.1) is 6.92 Å². The Labute approximate surface area is 82.8 Å². The molecule has 2 heterocycles. The third kappa shape index (κ3) is 1.61. The van der Waals surface area contributed by atoms with E-state index >= 15 is 0 Å². The van der Waals surface area contributed by atoms with Crippen molar-refractivity contribution in [1.29, 1.82) is 0 Å². The number of imidazole rings is 1. The van der Waals surface area contributed by atoms with Gasteiger partial charge < -0.3 is 5.73 Å². The molecule has 0 spiro atoms. The number of nitrogens with two attached hydrogens (primary N) is 1. The van der Waals surface area contributed by atoms with E-state index in [1.807, 2.05) is 17.5 Å². The molecule has 0 saturated carbocycles. The second-order valence-electron chi connectivity index (χ2n) is 3.38. The molecule has 4 nitrogen and oxygen atoms in total. The fourth-order valence-electron chi connectivity index (χ4n) is 1.51. The predicted molar refractivity (Wildman–Crippen MR) is 55.1 cm³/mol. The standard InChI is InChI=1S/C10H14N4/c1-8-9(3-2-4-11)7-14-6-5-12-10(14)13-8/h5-7H,2-4,11H2,1H3. The van der Waals surface area contributed by atoms with E-state index in [1.54, 1.807) is 6.20 Å². The number of rotatable bonds is 3. The molecule has 2 rings (SSSR count). The van der Waals surface area contributed by atoms with Crippen molar-refractivity contribution in [1.82, 2.24) is 14.4 Å². The Balaban J connectivity index is 2.38. The molecule has 14 heavy (non-hydrogen) atoms. The quantitative estimate of drug-likeness (QED) is 0.783. The number of aryl methyl sites for hydroxylation is 2. The average molecular weight is 190 g/mol. The van der Waals surface area contributed by atoms with E-state index in [0.717, 1.165) is 30.9 Å². The zero-order valence-corrected chi connectivity index (χ0v) is 8.27. The summed E-state index contributed by atoms with van der Waals surface area (Å²) in [5, 5.41) is 0. The Morgan fingerprint density at radius 3 is 3.14 bits per heavy atom. The molecular weight excluding hydrogens is 176 g/mol. The van der Waals surface area contributed by atoms with Crippen molar-refractivity contribution in [2.75, 3.05) is 6.54 Å². The Morgan fingerprint density at radius 1 is 1.50 bits per heavy atom. The lowest BCUT2D eigenvalue weighted by Crippen LogP contribution is -2.03. The van der Waals surface area contributed by atoms with Gasteiger partial charge in [-0.05, 0) is 31.9 Å². The molecule has 0 bridgehead atoms. The molecule has 0 aromatic carbocycles. The molecule has 0 radical (unpaired) electrons. The molecule has 2 N–H and O–H groups in total. The lowest BCUT2D eigenvalue weighted by molar-refractivity contribution is 0.812. The molecule has 0 unspecified atom stereocenters. The normalized spacial score (nSPS) is 11.0. The van der Waals surface area contributed by atoms with E-state index in [9.17, 15) is 0 Å². The van der Waals surface area contributed by atoms with Gasteiger partial charge in [-0.2, -0.15) is 0 Å². The van der Waals surface area contributed by atoms with Crippen molar-refractivity contribution >= 4 is 5.78 Å². The van der Waals surface area contributed by atoms with Crippen LogP contribution in [0.1, 0.15) is 17.7 Å². The van der Waals surface area contributed by atoms with Gasteiger partial charge in [0.25, 0.3) is 0 Å². The van der Waals surface area contributed by atoms with Crippen LogP contribution in [0.4, 0.5) is 0 Å². The Morgan fingerprint density at radius 2 is 2.36 bits per heavy atom. The topological polar surface area (TPSA) is 56.2 Å². The minimum atomic E-state index is 0.724. The van der Waals surface area contributed by atoms with Crippen LogP contribution in [0.25, 0.3) is 5.78 Å². The molecule has 0 amide bonds. The highest BCUT2D eigenvalue weighted by molar-refractivity contribution is 5.32. The summed E-state index contributed by atoms with van der Waals surface area (Å²) < 4.78 is 1.94. The minimum absolute atomic E-state index is 0.724. The first-order valence-electron chi connectivity index (χ1n) is 4.80. The summed E-state index contributed by atoms with van der Waals surface area (Å²) in [6, 6.07) is 0. The van der Waals surface area contributed by atoms with Crippen LogP contribution in [0.15, 0.2) is 18.6 Å². The van der Waals surface area contributed by atoms with Crippen molar-refractivity contribution in [3.8, 4) is 0 Å². The summed E-state index contributed by atoms with van der Waals surface area (Å²) in [6.07, 6.45) is 7.74. The number of hydrogen-bond acceptors (Lipinski definition) is 3. The molecule has 2 aromatic heterocycles. The van der Waals surface area contributed by atoms with Crippen LogP contribution < -0.4 is 5.73 Å². The van der Waals surface area contributed by atoms with Gasteiger partial charge in [0, 0.05) is 24.3 Å². The smallest absolute Gasteiger partial charge is 0.233 e. The van der Waals surface area contributed by atoms with Crippen molar-refractivity contribution < 1.29 is 0 Å². The first-order valence-corrected chi connectivity index (χ1v) is 4.80. The van der Waals surface area contributed by atoms with Crippen molar-refractivity contribution in [3.63, 3.8) is 0 Å². The summed E-state index contributed by atoms with van der Waals surface area (Å²) in [4.78, 5) is 8.53. The van der Waals surface area contributed by atoms with E-state index in [4.69, 9.17) is 5.73 Å². The van der Waals surface area contributed by atoms with E-state index in [-0.39, 0.29) is 0 Å². The van der Waals surface area contributed by atoms with E-state index in [2.05, 4.69) is 16.2 Å². The molecule has 0 fully saturated rings. The van der Waals surface area contributed by atoms with Gasteiger partial charge in [-0.3, -0.25) is 4.40 Å². The fraction of sp³-hybridized carbons (Fsp3) is 0.400. The Bertz CT molecular complexity index is 433. The maximum atomic E-state index is 5.48. The third-order valence-electron chi connectivity index (χ3n) is 2.33. The summed E-state index contributed by atoms with van der Waals surface area (Å²) in [5.74, 6) is 0.763. The second-order valence-corrected chi connectivity index (χ2v) is 3.38. The zero-order chi connectivity index (χ0) is 9.97. The molecule has 2 aromatic rings. The van der Waals surface area contributed by atoms with Crippen molar-refractivity contribution in [2.45, 2.75) is 19.8 Å². The molecule has 74 valence electrons. The van der Waals surface area contributed by atoms with Crippen LogP contribution >= 0.6 is 0 Å². The largest absolute Gasteiger partial charge is 0.330 e. The summed E-state index contributed by atoms with van der Waals surface area (Å²) in [7, 11) is 0. The van der Waals surface area contributed by atoms with Gasteiger partial charge in [0.15, 0.2) is 0 Å². The molecule has 0 saturated heterocycles. The Kier molecular flexibility index (Phi) is 2.45. The maximum absolute atomic E-state index is 5.48. The SMILES string of the molecule is Cc1nc2nccn2cc1CCCN. The van der Waals surface area contributed by atoms with Crippen molar-refractivity contribution in [3.05, 3.63) is 29.8 Å². The van der Waals surface area contributed by atoms with Gasteiger partial charge in [0.2, 0.25) is 5.78 Å². The second kappa shape index (κ2) is 3.75. The Hall–Kier alpha value is -1.42. The summed E-state index contributed by atoms with van der Waals surface area (Å²) in [5.41, 5.74) is 7.78. The fourth-order valence-corrected chi connectivity index (χ4v) is 1.51. The van der Waals surface area contributed by atoms with Crippen LogP contribution in [0.3, 0.4) is 0 Å². The predicted octanol–water partition coefficient (Wildman–Crippen LogP) is 0.929. The number of fused-ring (bicyclic) bond motifs is 1. The molecule has 0 atom stereocenters. The van der Waals surface area contributed by atoms with Gasteiger partial charge in [0.05, 0.1) is 0 Å². The van der Waals surface area contributed by atoms with Crippen molar-refractivity contribution in [2.24, 2.45) is 5.73 Å². The maximum Gasteiger partial charge on any atom is 0.233 e. The highest BCUT2D eigenvalue weighted by Gasteiger charge is 2.02. The lowest BCUT2D eigenvalue weighted by Gasteiger charge is -2.04. The van der Waals surface area contributed by atoms with Gasteiger partial charge in [-0.15, -0.1) is 0 Å². The lowest BCUT2D eigenvalue weighted by atomic mass is 10.1. The summed E-state index contributed by atoms with van der Waals surface area (Å²) in [6.45, 7) is 2.74. The van der Waals surface area contributed by atoms with Crippen LogP contribution in [0.5, 0.6) is 0 Å². The highest BCUT2D eigenvalue weighted by atomic mass is 15.1. The van der Waals surface area contributed by atoms with E-state index in [0.29, 0.717) is 0 Å². The van der Waals surface area contributed by atoms with E-state index in [1.165, 1.54) is 5.56 Å². The molecule has 0 aliphatic heterocycles. The third-order valence-corrected chi connectivity index (χ3v) is 2.33. The van der Waals surface area contributed by atoms with Gasteiger partial charge in [0.1, 0.15) is 0 Å². The minimum Gasteiger partial charge on any atom is -0.330 e. The molecular formula is C10H14N4. The first-order chi connectivity index (χ1) is 6.81.